The highest BCUT2D eigenvalue weighted by molar-refractivity contribution is 5.10. The van der Waals surface area contributed by atoms with Crippen molar-refractivity contribution in [1.29, 1.82) is 0 Å². The maximum atomic E-state index is 9.61. The zero-order valence-corrected chi connectivity index (χ0v) is 12.4. The Morgan fingerprint density at radius 3 is 2.84 bits per heavy atom. The van der Waals surface area contributed by atoms with Crippen LogP contribution in [0.2, 0.25) is 0 Å². The molecule has 2 saturated carbocycles. The van der Waals surface area contributed by atoms with Gasteiger partial charge in [-0.1, -0.05) is 20.3 Å². The van der Waals surface area contributed by atoms with Crippen LogP contribution in [0.1, 0.15) is 39.5 Å². The maximum Gasteiger partial charge on any atom is 0.0499 e. The molecule has 2 N–H and O–H groups in total. The summed E-state index contributed by atoms with van der Waals surface area (Å²) in [5, 5.41) is 13.4. The van der Waals surface area contributed by atoms with Crippen LogP contribution in [-0.4, -0.2) is 37.5 Å². The highest BCUT2D eigenvalue weighted by Gasteiger charge is 2.57. The molecular weight excluding hydrogens is 238 g/mol. The number of aliphatic hydroxyl groups is 1. The van der Waals surface area contributed by atoms with Crippen LogP contribution in [0.25, 0.3) is 0 Å². The zero-order valence-electron chi connectivity index (χ0n) is 12.4. The first-order chi connectivity index (χ1) is 9.14. The monoisotopic (exact) mass is 267 g/mol. The summed E-state index contributed by atoms with van der Waals surface area (Å²) in [5.74, 6) is 2.76. The van der Waals surface area contributed by atoms with E-state index in [2.05, 4.69) is 19.2 Å². The summed E-state index contributed by atoms with van der Waals surface area (Å²) >= 11 is 0. The molecule has 0 aromatic rings. The molecule has 0 amide bonds. The predicted molar refractivity (Wildman–Crippen MR) is 75.9 cm³/mol. The second-order valence-electron chi connectivity index (χ2n) is 7.47. The second-order valence-corrected chi connectivity index (χ2v) is 7.47. The van der Waals surface area contributed by atoms with Crippen molar-refractivity contribution in [3.05, 3.63) is 0 Å². The van der Waals surface area contributed by atoms with E-state index in [-0.39, 0.29) is 0 Å². The summed E-state index contributed by atoms with van der Waals surface area (Å²) in [7, 11) is 0. The Balaban J connectivity index is 1.53. The molecule has 0 aromatic carbocycles. The molecule has 0 radical (unpaired) electrons. The average molecular weight is 267 g/mol. The first-order valence-corrected chi connectivity index (χ1v) is 8.06. The second kappa shape index (κ2) is 5.34. The molecule has 1 aliphatic heterocycles. The van der Waals surface area contributed by atoms with Crippen molar-refractivity contribution in [3.8, 4) is 0 Å². The van der Waals surface area contributed by atoms with Crippen molar-refractivity contribution in [1.82, 2.24) is 5.32 Å². The van der Waals surface area contributed by atoms with Gasteiger partial charge in [-0.25, -0.2) is 0 Å². The molecule has 0 aromatic heterocycles. The molecule has 5 atom stereocenters. The molecule has 0 bridgehead atoms. The first-order valence-electron chi connectivity index (χ1n) is 8.06. The van der Waals surface area contributed by atoms with E-state index in [1.54, 1.807) is 0 Å². The lowest BCUT2D eigenvalue weighted by molar-refractivity contribution is -0.0444. The summed E-state index contributed by atoms with van der Waals surface area (Å²) in [4.78, 5) is 0. The zero-order chi connectivity index (χ0) is 13.5. The number of hydrogen-bond acceptors (Lipinski definition) is 3. The molecule has 3 rings (SSSR count). The Hall–Kier alpha value is -0.120. The minimum absolute atomic E-state index is 0.294. The third-order valence-electron chi connectivity index (χ3n) is 6.22. The standard InChI is InChI=1S/C16H29NO2/c1-16(2)14-5-3-4-13(14)15(16)17-8-12(9-18)11-6-7-19-10-11/h11-15,17-18H,3-10H2,1-2H3/t11?,12?,13-,14+,15?/m1/s1. The number of ether oxygens (including phenoxy) is 1. The molecule has 3 nitrogen and oxygen atoms in total. The van der Waals surface area contributed by atoms with Gasteiger partial charge in [0.05, 0.1) is 0 Å². The van der Waals surface area contributed by atoms with Crippen LogP contribution < -0.4 is 5.32 Å². The summed E-state index contributed by atoms with van der Waals surface area (Å²) in [6.45, 7) is 7.81. The van der Waals surface area contributed by atoms with Gasteiger partial charge in [0.15, 0.2) is 0 Å². The molecule has 3 unspecified atom stereocenters. The van der Waals surface area contributed by atoms with E-state index >= 15 is 0 Å². The van der Waals surface area contributed by atoms with Crippen LogP contribution in [0.4, 0.5) is 0 Å². The lowest BCUT2D eigenvalue weighted by atomic mass is 9.53. The molecule has 1 heterocycles. The van der Waals surface area contributed by atoms with Gasteiger partial charge in [-0.05, 0) is 48.3 Å². The SMILES string of the molecule is CC1(C)C(NCC(CO)C2CCOC2)[C@@H]2CCC[C@@H]21. The highest BCUT2D eigenvalue weighted by Crippen LogP contribution is 2.58. The molecular formula is C16H29NO2. The van der Waals surface area contributed by atoms with Crippen LogP contribution in [0, 0.1) is 29.1 Å². The van der Waals surface area contributed by atoms with Gasteiger partial charge in [-0.15, -0.1) is 0 Å². The fourth-order valence-corrected chi connectivity index (χ4v) is 4.97. The quantitative estimate of drug-likeness (QED) is 0.801. The lowest BCUT2D eigenvalue weighted by Gasteiger charge is -2.57. The van der Waals surface area contributed by atoms with Crippen molar-refractivity contribution in [2.45, 2.75) is 45.6 Å². The molecule has 3 heteroatoms. The normalized spacial score (nSPS) is 41.8. The third-order valence-corrected chi connectivity index (χ3v) is 6.22. The van der Waals surface area contributed by atoms with Crippen molar-refractivity contribution in [2.75, 3.05) is 26.4 Å². The molecule has 19 heavy (non-hydrogen) atoms. The van der Waals surface area contributed by atoms with E-state index < -0.39 is 0 Å². The lowest BCUT2D eigenvalue weighted by Crippen LogP contribution is -2.63. The Morgan fingerprint density at radius 1 is 1.32 bits per heavy atom. The Labute approximate surface area is 117 Å². The van der Waals surface area contributed by atoms with Gasteiger partial charge >= 0.3 is 0 Å². The van der Waals surface area contributed by atoms with Crippen LogP contribution in [0.15, 0.2) is 0 Å². The van der Waals surface area contributed by atoms with Gasteiger partial charge in [0, 0.05) is 32.4 Å². The molecule has 110 valence electrons. The van der Waals surface area contributed by atoms with Gasteiger partial charge in [0.2, 0.25) is 0 Å². The van der Waals surface area contributed by atoms with Crippen LogP contribution in [-0.2, 0) is 4.74 Å². The number of hydrogen-bond donors (Lipinski definition) is 2. The van der Waals surface area contributed by atoms with E-state index in [1.165, 1.54) is 19.3 Å². The van der Waals surface area contributed by atoms with Crippen molar-refractivity contribution >= 4 is 0 Å². The molecule has 1 saturated heterocycles. The molecule has 0 spiro atoms. The fraction of sp³-hybridized carbons (Fsp3) is 1.00. The first kappa shape index (κ1) is 13.8. The number of aliphatic hydroxyl groups excluding tert-OH is 1. The maximum absolute atomic E-state index is 9.61. The van der Waals surface area contributed by atoms with Crippen molar-refractivity contribution < 1.29 is 9.84 Å². The molecule has 2 aliphatic carbocycles. The number of rotatable bonds is 5. The van der Waals surface area contributed by atoms with Gasteiger partial charge in [-0.2, -0.15) is 0 Å². The van der Waals surface area contributed by atoms with Gasteiger partial charge < -0.3 is 15.2 Å². The van der Waals surface area contributed by atoms with E-state index in [4.69, 9.17) is 4.74 Å². The largest absolute Gasteiger partial charge is 0.396 e. The predicted octanol–water partition coefficient (Wildman–Crippen LogP) is 2.05. The Kier molecular flexibility index (Phi) is 3.89. The summed E-state index contributed by atoms with van der Waals surface area (Å²) in [6, 6.07) is 0.663. The average Bonchev–Trinajstić information content (AvgIpc) is 3.04. The van der Waals surface area contributed by atoms with Crippen LogP contribution >= 0.6 is 0 Å². The molecule has 3 aliphatic rings. The van der Waals surface area contributed by atoms with E-state index in [0.717, 1.165) is 38.0 Å². The summed E-state index contributed by atoms with van der Waals surface area (Å²) in [6.07, 6.45) is 5.36. The van der Waals surface area contributed by atoms with Crippen LogP contribution in [0.3, 0.4) is 0 Å². The summed E-state index contributed by atoms with van der Waals surface area (Å²) in [5.41, 5.74) is 0.452. The number of fused-ring (bicyclic) bond motifs is 1. The van der Waals surface area contributed by atoms with Gasteiger partial charge in [-0.3, -0.25) is 0 Å². The minimum Gasteiger partial charge on any atom is -0.396 e. The van der Waals surface area contributed by atoms with Crippen molar-refractivity contribution in [3.63, 3.8) is 0 Å². The Bertz CT molecular complexity index is 312. The topological polar surface area (TPSA) is 41.5 Å². The van der Waals surface area contributed by atoms with E-state index in [1.807, 2.05) is 0 Å². The third kappa shape index (κ3) is 2.34. The van der Waals surface area contributed by atoms with Gasteiger partial charge in [0.1, 0.15) is 0 Å². The smallest absolute Gasteiger partial charge is 0.0499 e. The van der Waals surface area contributed by atoms with E-state index in [9.17, 15) is 5.11 Å². The van der Waals surface area contributed by atoms with Gasteiger partial charge in [0.25, 0.3) is 0 Å². The van der Waals surface area contributed by atoms with E-state index in [0.29, 0.717) is 29.9 Å². The highest BCUT2D eigenvalue weighted by atomic mass is 16.5. The fourth-order valence-electron chi connectivity index (χ4n) is 4.97. The molecule has 3 fully saturated rings. The Morgan fingerprint density at radius 2 is 2.16 bits per heavy atom. The van der Waals surface area contributed by atoms with Crippen LogP contribution in [0.5, 0.6) is 0 Å². The number of nitrogens with one attached hydrogen (secondary N) is 1. The van der Waals surface area contributed by atoms with Crippen molar-refractivity contribution in [2.24, 2.45) is 29.1 Å². The minimum atomic E-state index is 0.294. The summed E-state index contributed by atoms with van der Waals surface area (Å²) < 4.78 is 5.46.